The van der Waals surface area contributed by atoms with Crippen molar-refractivity contribution < 1.29 is 19.3 Å². The molecule has 4 nitrogen and oxygen atoms in total. The fourth-order valence-corrected chi connectivity index (χ4v) is 1.20. The number of ether oxygens (including phenoxy) is 3. The Balaban J connectivity index is 2.30. The van der Waals surface area contributed by atoms with Crippen molar-refractivity contribution in [3.05, 3.63) is 24.3 Å². The highest BCUT2D eigenvalue weighted by atomic mass is 16.5. The van der Waals surface area contributed by atoms with Crippen LogP contribution in [0.1, 0.15) is 6.42 Å². The van der Waals surface area contributed by atoms with E-state index in [-0.39, 0.29) is 6.61 Å². The van der Waals surface area contributed by atoms with Crippen molar-refractivity contribution in [1.82, 2.24) is 0 Å². The van der Waals surface area contributed by atoms with Crippen molar-refractivity contribution in [2.24, 2.45) is 0 Å². The topological polar surface area (TPSA) is 47.9 Å². The molecule has 1 aromatic rings. The maximum Gasteiger partial charge on any atom is 0.119 e. The molecule has 0 fully saturated rings. The lowest BCUT2D eigenvalue weighted by Gasteiger charge is -2.12. The molecule has 1 unspecified atom stereocenters. The van der Waals surface area contributed by atoms with E-state index in [0.29, 0.717) is 13.0 Å². The average Bonchev–Trinajstić information content (AvgIpc) is 2.34. The molecule has 1 N–H and O–H groups in total. The summed E-state index contributed by atoms with van der Waals surface area (Å²) < 4.78 is 15.3. The SMILES string of the molecule is COCCC(O)COc1ccc(OC)cc1. The van der Waals surface area contributed by atoms with Crippen molar-refractivity contribution in [1.29, 1.82) is 0 Å². The Morgan fingerprint density at radius 3 is 2.31 bits per heavy atom. The summed E-state index contributed by atoms with van der Waals surface area (Å²) in [4.78, 5) is 0. The number of hydrogen-bond donors (Lipinski definition) is 1. The van der Waals surface area contributed by atoms with Gasteiger partial charge in [-0.2, -0.15) is 0 Å². The summed E-state index contributed by atoms with van der Waals surface area (Å²) in [6.07, 6.45) is 0.0779. The summed E-state index contributed by atoms with van der Waals surface area (Å²) in [5.41, 5.74) is 0. The first kappa shape index (κ1) is 12.8. The molecule has 0 aliphatic heterocycles. The largest absolute Gasteiger partial charge is 0.497 e. The molecule has 0 amide bonds. The molecular formula is C12H18O4. The van der Waals surface area contributed by atoms with Gasteiger partial charge in [0, 0.05) is 13.7 Å². The molecule has 0 aliphatic carbocycles. The Morgan fingerprint density at radius 2 is 1.75 bits per heavy atom. The predicted octanol–water partition coefficient (Wildman–Crippen LogP) is 1.47. The molecule has 0 saturated heterocycles. The third-order valence-corrected chi connectivity index (χ3v) is 2.16. The fraction of sp³-hybridized carbons (Fsp3) is 0.500. The first-order chi connectivity index (χ1) is 7.76. The molecule has 0 heterocycles. The molecule has 0 radical (unpaired) electrons. The van der Waals surface area contributed by atoms with Crippen molar-refractivity contribution in [3.8, 4) is 11.5 Å². The Kier molecular flexibility index (Phi) is 5.67. The lowest BCUT2D eigenvalue weighted by Crippen LogP contribution is -2.19. The molecule has 0 saturated carbocycles. The zero-order valence-corrected chi connectivity index (χ0v) is 9.68. The summed E-state index contributed by atoms with van der Waals surface area (Å²) in [7, 11) is 3.22. The molecular weight excluding hydrogens is 208 g/mol. The highest BCUT2D eigenvalue weighted by Gasteiger charge is 2.04. The van der Waals surface area contributed by atoms with Crippen molar-refractivity contribution in [2.75, 3.05) is 27.4 Å². The van der Waals surface area contributed by atoms with Gasteiger partial charge in [-0.05, 0) is 30.7 Å². The molecule has 1 aromatic carbocycles. The summed E-state index contributed by atoms with van der Waals surface area (Å²) in [5, 5.41) is 9.51. The van der Waals surface area contributed by atoms with E-state index in [0.717, 1.165) is 11.5 Å². The third kappa shape index (κ3) is 4.51. The summed E-state index contributed by atoms with van der Waals surface area (Å²) in [5.74, 6) is 1.50. The Bertz CT molecular complexity index is 284. The van der Waals surface area contributed by atoms with Crippen LogP contribution in [0.15, 0.2) is 24.3 Å². The second kappa shape index (κ2) is 7.09. The van der Waals surface area contributed by atoms with E-state index in [1.165, 1.54) is 0 Å². The van der Waals surface area contributed by atoms with E-state index in [9.17, 15) is 5.11 Å². The van der Waals surface area contributed by atoms with Gasteiger partial charge in [-0.1, -0.05) is 0 Å². The smallest absolute Gasteiger partial charge is 0.119 e. The van der Waals surface area contributed by atoms with E-state index >= 15 is 0 Å². The molecule has 4 heteroatoms. The summed E-state index contributed by atoms with van der Waals surface area (Å²) in [6.45, 7) is 0.808. The Morgan fingerprint density at radius 1 is 1.12 bits per heavy atom. The van der Waals surface area contributed by atoms with Gasteiger partial charge in [0.05, 0.1) is 13.2 Å². The fourth-order valence-electron chi connectivity index (χ4n) is 1.20. The predicted molar refractivity (Wildman–Crippen MR) is 61.0 cm³/mol. The molecule has 1 rings (SSSR count). The summed E-state index contributed by atoms with van der Waals surface area (Å²) >= 11 is 0. The molecule has 0 aromatic heterocycles. The van der Waals surface area contributed by atoms with Crippen LogP contribution >= 0.6 is 0 Å². The molecule has 1 atom stereocenters. The normalized spacial score (nSPS) is 12.2. The van der Waals surface area contributed by atoms with Gasteiger partial charge >= 0.3 is 0 Å². The standard InChI is InChI=1S/C12H18O4/c1-14-8-7-10(13)9-16-12-5-3-11(15-2)4-6-12/h3-6,10,13H,7-9H2,1-2H3. The van der Waals surface area contributed by atoms with Gasteiger partial charge in [0.1, 0.15) is 18.1 Å². The minimum atomic E-state index is -0.498. The van der Waals surface area contributed by atoms with E-state index in [1.807, 2.05) is 24.3 Å². The van der Waals surface area contributed by atoms with Gasteiger partial charge in [0.25, 0.3) is 0 Å². The molecule has 0 spiro atoms. The van der Waals surface area contributed by atoms with Crippen LogP contribution in [0.25, 0.3) is 0 Å². The van der Waals surface area contributed by atoms with Crippen molar-refractivity contribution in [2.45, 2.75) is 12.5 Å². The van der Waals surface area contributed by atoms with Crippen LogP contribution in [-0.2, 0) is 4.74 Å². The van der Waals surface area contributed by atoms with Crippen LogP contribution in [0.4, 0.5) is 0 Å². The molecule has 16 heavy (non-hydrogen) atoms. The molecule has 90 valence electrons. The highest BCUT2D eigenvalue weighted by Crippen LogP contribution is 2.17. The van der Waals surface area contributed by atoms with Crippen molar-refractivity contribution >= 4 is 0 Å². The maximum atomic E-state index is 9.51. The second-order valence-corrected chi connectivity index (χ2v) is 3.42. The number of aliphatic hydroxyl groups excluding tert-OH is 1. The zero-order valence-electron chi connectivity index (χ0n) is 9.68. The minimum Gasteiger partial charge on any atom is -0.497 e. The van der Waals surface area contributed by atoms with Crippen LogP contribution in [-0.4, -0.2) is 38.6 Å². The van der Waals surface area contributed by atoms with Crippen LogP contribution in [0.3, 0.4) is 0 Å². The monoisotopic (exact) mass is 226 g/mol. The third-order valence-electron chi connectivity index (χ3n) is 2.16. The quantitative estimate of drug-likeness (QED) is 0.765. The van der Waals surface area contributed by atoms with E-state index in [2.05, 4.69) is 0 Å². The van der Waals surface area contributed by atoms with Gasteiger partial charge in [-0.25, -0.2) is 0 Å². The maximum absolute atomic E-state index is 9.51. The van der Waals surface area contributed by atoms with E-state index < -0.39 is 6.10 Å². The lowest BCUT2D eigenvalue weighted by molar-refractivity contribution is 0.0706. The number of aliphatic hydroxyl groups is 1. The number of hydrogen-bond acceptors (Lipinski definition) is 4. The Labute approximate surface area is 95.8 Å². The second-order valence-electron chi connectivity index (χ2n) is 3.42. The minimum absolute atomic E-state index is 0.274. The van der Waals surface area contributed by atoms with Crippen LogP contribution in [0.2, 0.25) is 0 Å². The first-order valence-corrected chi connectivity index (χ1v) is 5.20. The number of rotatable bonds is 7. The summed E-state index contributed by atoms with van der Waals surface area (Å²) in [6, 6.07) is 7.25. The zero-order chi connectivity index (χ0) is 11.8. The van der Waals surface area contributed by atoms with Crippen LogP contribution in [0, 0.1) is 0 Å². The first-order valence-electron chi connectivity index (χ1n) is 5.20. The average molecular weight is 226 g/mol. The number of methoxy groups -OCH3 is 2. The molecule has 0 aliphatic rings. The van der Waals surface area contributed by atoms with Gasteiger partial charge in [-0.15, -0.1) is 0 Å². The van der Waals surface area contributed by atoms with Gasteiger partial charge in [0.15, 0.2) is 0 Å². The van der Waals surface area contributed by atoms with Gasteiger partial charge < -0.3 is 19.3 Å². The number of benzene rings is 1. The van der Waals surface area contributed by atoms with Crippen LogP contribution in [0.5, 0.6) is 11.5 Å². The van der Waals surface area contributed by atoms with E-state index in [4.69, 9.17) is 14.2 Å². The lowest BCUT2D eigenvalue weighted by atomic mass is 10.3. The van der Waals surface area contributed by atoms with E-state index in [1.54, 1.807) is 14.2 Å². The van der Waals surface area contributed by atoms with Crippen molar-refractivity contribution in [3.63, 3.8) is 0 Å². The van der Waals surface area contributed by atoms with Crippen LogP contribution < -0.4 is 9.47 Å². The van der Waals surface area contributed by atoms with Gasteiger partial charge in [-0.3, -0.25) is 0 Å². The highest BCUT2D eigenvalue weighted by molar-refractivity contribution is 5.31. The molecule has 0 bridgehead atoms. The Hall–Kier alpha value is -1.26. The van der Waals surface area contributed by atoms with Gasteiger partial charge in [0.2, 0.25) is 0 Å².